The van der Waals surface area contributed by atoms with Gasteiger partial charge in [-0.15, -0.1) is 0 Å². The SMILES string of the molecule is COc1ccc(CC(=O)NCCN2CCOCC2)cc1F. The van der Waals surface area contributed by atoms with Gasteiger partial charge in [-0.1, -0.05) is 6.07 Å². The van der Waals surface area contributed by atoms with Crippen molar-refractivity contribution < 1.29 is 18.7 Å². The molecule has 1 heterocycles. The zero-order valence-corrected chi connectivity index (χ0v) is 12.2. The van der Waals surface area contributed by atoms with E-state index in [1.165, 1.54) is 19.2 Å². The number of hydrogen-bond donors (Lipinski definition) is 1. The van der Waals surface area contributed by atoms with Crippen LogP contribution in [0, 0.1) is 5.82 Å². The summed E-state index contributed by atoms with van der Waals surface area (Å²) < 4.78 is 23.6. The molecule has 0 aliphatic carbocycles. The second-order valence-electron chi connectivity index (χ2n) is 4.95. The molecule has 0 aromatic heterocycles. The van der Waals surface area contributed by atoms with Crippen molar-refractivity contribution in [1.82, 2.24) is 10.2 Å². The van der Waals surface area contributed by atoms with Crippen molar-refractivity contribution in [2.75, 3.05) is 46.5 Å². The van der Waals surface area contributed by atoms with E-state index in [1.54, 1.807) is 6.07 Å². The van der Waals surface area contributed by atoms with Gasteiger partial charge in [0.15, 0.2) is 11.6 Å². The first-order valence-corrected chi connectivity index (χ1v) is 7.08. The molecule has 2 rings (SSSR count). The molecule has 0 unspecified atom stereocenters. The number of carbonyl (C=O) groups excluding carboxylic acids is 1. The fourth-order valence-corrected chi connectivity index (χ4v) is 2.25. The number of methoxy groups -OCH3 is 1. The lowest BCUT2D eigenvalue weighted by Crippen LogP contribution is -2.41. The number of hydrogen-bond acceptors (Lipinski definition) is 4. The largest absolute Gasteiger partial charge is 0.494 e. The van der Waals surface area contributed by atoms with Gasteiger partial charge in [0.25, 0.3) is 0 Å². The third kappa shape index (κ3) is 4.99. The van der Waals surface area contributed by atoms with Gasteiger partial charge < -0.3 is 14.8 Å². The third-order valence-corrected chi connectivity index (χ3v) is 3.43. The van der Waals surface area contributed by atoms with Gasteiger partial charge in [-0.25, -0.2) is 4.39 Å². The van der Waals surface area contributed by atoms with Crippen molar-refractivity contribution in [3.05, 3.63) is 29.6 Å². The molecule has 1 aliphatic rings. The van der Waals surface area contributed by atoms with Crippen LogP contribution in [-0.2, 0) is 16.0 Å². The molecule has 1 saturated heterocycles. The number of nitrogens with zero attached hydrogens (tertiary/aromatic N) is 1. The summed E-state index contributed by atoms with van der Waals surface area (Å²) in [7, 11) is 1.41. The van der Waals surface area contributed by atoms with Crippen LogP contribution in [-0.4, -0.2) is 57.3 Å². The Balaban J connectivity index is 1.72. The number of benzene rings is 1. The molecule has 1 fully saturated rings. The number of morpholine rings is 1. The smallest absolute Gasteiger partial charge is 0.224 e. The summed E-state index contributed by atoms with van der Waals surface area (Å²) in [6, 6.07) is 4.57. The van der Waals surface area contributed by atoms with Crippen molar-refractivity contribution in [1.29, 1.82) is 0 Å². The normalized spacial score (nSPS) is 15.7. The topological polar surface area (TPSA) is 50.8 Å². The maximum Gasteiger partial charge on any atom is 0.224 e. The summed E-state index contributed by atoms with van der Waals surface area (Å²) in [5, 5.41) is 2.85. The summed E-state index contributed by atoms with van der Waals surface area (Å²) in [6.07, 6.45) is 0.171. The number of nitrogens with one attached hydrogen (secondary N) is 1. The quantitative estimate of drug-likeness (QED) is 0.844. The maximum absolute atomic E-state index is 13.5. The Morgan fingerprint density at radius 1 is 1.43 bits per heavy atom. The van der Waals surface area contributed by atoms with Crippen LogP contribution in [0.5, 0.6) is 5.75 Å². The molecule has 0 radical (unpaired) electrons. The monoisotopic (exact) mass is 296 g/mol. The van der Waals surface area contributed by atoms with Gasteiger partial charge in [0.05, 0.1) is 26.7 Å². The Bertz CT molecular complexity index is 476. The van der Waals surface area contributed by atoms with Gasteiger partial charge in [-0.2, -0.15) is 0 Å². The van der Waals surface area contributed by atoms with Crippen LogP contribution >= 0.6 is 0 Å². The summed E-state index contributed by atoms with van der Waals surface area (Å²) in [5.74, 6) is -0.365. The van der Waals surface area contributed by atoms with Gasteiger partial charge >= 0.3 is 0 Å². The lowest BCUT2D eigenvalue weighted by atomic mass is 10.1. The first kappa shape index (κ1) is 15.7. The number of amides is 1. The van der Waals surface area contributed by atoms with Crippen LogP contribution < -0.4 is 10.1 Å². The minimum atomic E-state index is -0.448. The lowest BCUT2D eigenvalue weighted by Gasteiger charge is -2.26. The summed E-state index contributed by atoms with van der Waals surface area (Å²) in [4.78, 5) is 14.1. The minimum Gasteiger partial charge on any atom is -0.494 e. The highest BCUT2D eigenvalue weighted by Crippen LogP contribution is 2.17. The van der Waals surface area contributed by atoms with Crippen LogP contribution in [0.4, 0.5) is 4.39 Å². The minimum absolute atomic E-state index is 0.104. The molecule has 0 atom stereocenters. The molecule has 1 N–H and O–H groups in total. The van der Waals surface area contributed by atoms with E-state index in [-0.39, 0.29) is 18.1 Å². The molecule has 0 saturated carbocycles. The van der Waals surface area contributed by atoms with Crippen molar-refractivity contribution >= 4 is 5.91 Å². The van der Waals surface area contributed by atoms with Crippen molar-refractivity contribution in [3.8, 4) is 5.75 Å². The Labute approximate surface area is 124 Å². The molecule has 0 spiro atoms. The van der Waals surface area contributed by atoms with Gasteiger partial charge in [-0.3, -0.25) is 9.69 Å². The van der Waals surface area contributed by atoms with Crippen LogP contribution in [0.25, 0.3) is 0 Å². The van der Waals surface area contributed by atoms with E-state index in [0.717, 1.165) is 32.8 Å². The number of rotatable bonds is 6. The molecule has 1 aliphatic heterocycles. The second kappa shape index (κ2) is 7.95. The van der Waals surface area contributed by atoms with E-state index < -0.39 is 5.82 Å². The van der Waals surface area contributed by atoms with Gasteiger partial charge in [0.1, 0.15) is 0 Å². The molecular formula is C15H21FN2O3. The van der Waals surface area contributed by atoms with Crippen LogP contribution in [0.2, 0.25) is 0 Å². The standard InChI is InChI=1S/C15H21FN2O3/c1-20-14-3-2-12(10-13(14)16)11-15(19)17-4-5-18-6-8-21-9-7-18/h2-3,10H,4-9,11H2,1H3,(H,17,19). The molecule has 5 nitrogen and oxygen atoms in total. The van der Waals surface area contributed by atoms with Crippen molar-refractivity contribution in [2.45, 2.75) is 6.42 Å². The molecule has 0 bridgehead atoms. The van der Waals surface area contributed by atoms with Crippen LogP contribution in [0.3, 0.4) is 0 Å². The molecule has 1 aromatic rings. The van der Waals surface area contributed by atoms with Gasteiger partial charge in [0, 0.05) is 26.2 Å². The summed E-state index contributed by atoms with van der Waals surface area (Å²) in [5.41, 5.74) is 0.636. The first-order valence-electron chi connectivity index (χ1n) is 7.08. The van der Waals surface area contributed by atoms with Gasteiger partial charge in [0.2, 0.25) is 5.91 Å². The fraction of sp³-hybridized carbons (Fsp3) is 0.533. The Morgan fingerprint density at radius 3 is 2.86 bits per heavy atom. The Kier molecular flexibility index (Phi) is 5.95. The molecule has 1 amide bonds. The average molecular weight is 296 g/mol. The highest BCUT2D eigenvalue weighted by molar-refractivity contribution is 5.78. The zero-order chi connectivity index (χ0) is 15.1. The number of carbonyl (C=O) groups is 1. The predicted molar refractivity (Wildman–Crippen MR) is 76.9 cm³/mol. The summed E-state index contributed by atoms with van der Waals surface area (Å²) >= 11 is 0. The average Bonchev–Trinajstić information content (AvgIpc) is 2.48. The van der Waals surface area contributed by atoms with Gasteiger partial charge in [-0.05, 0) is 17.7 Å². The summed E-state index contributed by atoms with van der Waals surface area (Å²) in [6.45, 7) is 4.71. The van der Waals surface area contributed by atoms with E-state index in [2.05, 4.69) is 10.2 Å². The molecule has 1 aromatic carbocycles. The number of ether oxygens (including phenoxy) is 2. The fourth-order valence-electron chi connectivity index (χ4n) is 2.25. The van der Waals surface area contributed by atoms with Crippen LogP contribution in [0.1, 0.15) is 5.56 Å². The maximum atomic E-state index is 13.5. The number of halogens is 1. The van der Waals surface area contributed by atoms with Crippen molar-refractivity contribution in [2.24, 2.45) is 0 Å². The van der Waals surface area contributed by atoms with E-state index in [4.69, 9.17) is 9.47 Å². The Hall–Kier alpha value is -1.66. The van der Waals surface area contributed by atoms with Crippen LogP contribution in [0.15, 0.2) is 18.2 Å². The third-order valence-electron chi connectivity index (χ3n) is 3.43. The van der Waals surface area contributed by atoms with E-state index in [9.17, 15) is 9.18 Å². The van der Waals surface area contributed by atoms with E-state index in [0.29, 0.717) is 12.1 Å². The van der Waals surface area contributed by atoms with E-state index in [1.807, 2.05) is 0 Å². The highest BCUT2D eigenvalue weighted by atomic mass is 19.1. The second-order valence-corrected chi connectivity index (χ2v) is 4.95. The predicted octanol–water partition coefficient (Wildman–Crippen LogP) is 0.825. The zero-order valence-electron chi connectivity index (χ0n) is 12.2. The highest BCUT2D eigenvalue weighted by Gasteiger charge is 2.11. The lowest BCUT2D eigenvalue weighted by molar-refractivity contribution is -0.120. The first-order chi connectivity index (χ1) is 10.2. The van der Waals surface area contributed by atoms with Crippen molar-refractivity contribution in [3.63, 3.8) is 0 Å². The Morgan fingerprint density at radius 2 is 2.19 bits per heavy atom. The molecule has 21 heavy (non-hydrogen) atoms. The molecule has 6 heteroatoms. The molecule has 116 valence electrons. The van der Waals surface area contributed by atoms with E-state index >= 15 is 0 Å². The molecular weight excluding hydrogens is 275 g/mol.